The molecule has 0 heteroatoms. The maximum Gasteiger partial charge on any atom is 0.0737 e. The van der Waals surface area contributed by atoms with E-state index in [9.17, 15) is 0 Å². The second-order valence-corrected chi connectivity index (χ2v) is 25.8. The Kier molecular flexibility index (Phi) is 9.74. The average Bonchev–Trinajstić information content (AvgIpc) is 1.66. The van der Waals surface area contributed by atoms with E-state index in [0.29, 0.717) is 0 Å². The molecule has 5 aliphatic rings. The number of benzene rings is 16. The Hall–Kier alpha value is -11.4. The summed E-state index contributed by atoms with van der Waals surface area (Å²) < 4.78 is 0. The first-order valence-electron chi connectivity index (χ1n) is 32.2. The summed E-state index contributed by atoms with van der Waals surface area (Å²) in [5.41, 5.74) is 32.2. The average molecular weight is 1150 g/mol. The third-order valence-corrected chi connectivity index (χ3v) is 22.1. The van der Waals surface area contributed by atoms with Gasteiger partial charge in [0.05, 0.1) is 16.2 Å². The summed E-state index contributed by atoms with van der Waals surface area (Å²) in [5.74, 6) is 0. The van der Waals surface area contributed by atoms with E-state index in [1.165, 1.54) is 188 Å². The predicted octanol–water partition coefficient (Wildman–Crippen LogP) is 22.7. The van der Waals surface area contributed by atoms with Gasteiger partial charge in [0.15, 0.2) is 0 Å². The topological polar surface area (TPSA) is 0 Å². The van der Waals surface area contributed by atoms with Crippen LogP contribution in [-0.4, -0.2) is 0 Å². The molecular formula is C91H54. The fourth-order valence-electron chi connectivity index (χ4n) is 19.1. The van der Waals surface area contributed by atoms with Crippen molar-refractivity contribution in [3.05, 3.63) is 394 Å². The lowest BCUT2D eigenvalue weighted by molar-refractivity contribution is 0.794. The van der Waals surface area contributed by atoms with Crippen LogP contribution in [0.2, 0.25) is 0 Å². The van der Waals surface area contributed by atoms with Crippen LogP contribution in [0.5, 0.6) is 0 Å². The highest BCUT2D eigenvalue weighted by Crippen LogP contribution is 2.67. The fourth-order valence-corrected chi connectivity index (χ4v) is 19.1. The molecular weight excluding hydrogens is 1090 g/mol. The molecule has 21 rings (SSSR count). The molecule has 91 heavy (non-hydrogen) atoms. The molecule has 2 spiro atoms. The minimum atomic E-state index is -0.815. The largest absolute Gasteiger partial charge is 0.0737 e. The van der Waals surface area contributed by atoms with Gasteiger partial charge in [-0.05, 0) is 200 Å². The highest BCUT2D eigenvalue weighted by Gasteiger charge is 2.55. The first-order valence-corrected chi connectivity index (χ1v) is 32.2. The van der Waals surface area contributed by atoms with Gasteiger partial charge in [-0.3, -0.25) is 0 Å². The molecule has 0 amide bonds. The lowest BCUT2D eigenvalue weighted by Gasteiger charge is -2.38. The van der Waals surface area contributed by atoms with Gasteiger partial charge in [0, 0.05) is 0 Å². The van der Waals surface area contributed by atoms with Crippen LogP contribution < -0.4 is 0 Å². The molecule has 0 N–H and O–H groups in total. The Bertz CT molecular complexity index is 5320. The minimum Gasteiger partial charge on any atom is -0.0619 e. The van der Waals surface area contributed by atoms with Crippen molar-refractivity contribution in [1.82, 2.24) is 0 Å². The highest BCUT2D eigenvalue weighted by atomic mass is 14.6. The third-order valence-electron chi connectivity index (χ3n) is 22.1. The number of fused-ring (bicyclic) bond motifs is 27. The van der Waals surface area contributed by atoms with Crippen LogP contribution in [0.1, 0.15) is 66.8 Å². The third kappa shape index (κ3) is 5.93. The smallest absolute Gasteiger partial charge is 0.0619 e. The summed E-state index contributed by atoms with van der Waals surface area (Å²) >= 11 is 0. The molecule has 0 bridgehead atoms. The SMILES string of the molecule is c1ccc2c(c1)-c1ccccc1C21c2ccccc2-c2ccc(-c3c4ccccc4c(C4(c5c6ccccc6c(-c6ccc7c(c6)C6(c8ccccc8-c8ccccc86)c6ccccc6-7)c6ccccc56)c5ccccc5-c5ccccc54)c4ccccc34)cc21. The standard InChI is InChI=1S/C91H54/c1-5-37-71-67(33-1)85(55-49-51-65-63-31-13-21-45-79(63)89(83(65)53-55)75-41-17-9-25-57(75)58-26-10-18-42-76(58)89)68-34-2-6-38-72(68)87(71)91(81-47-23-15-29-61(81)62-30-16-24-48-82(62)91)88-73-39-7-3-35-69(73)86(70-36-4-8-40-74(70)88)56-50-52-66-64-32-14-22-46-80(64)90(84(66)54-56)77-43-19-11-27-59(77)60-28-12-20-44-78(60)90/h1-54H. The summed E-state index contributed by atoms with van der Waals surface area (Å²) in [6.07, 6.45) is 0. The maximum atomic E-state index is 2.58. The Balaban J connectivity index is 0.864. The van der Waals surface area contributed by atoms with Gasteiger partial charge in [-0.15, -0.1) is 0 Å². The van der Waals surface area contributed by atoms with Crippen LogP contribution in [0.3, 0.4) is 0 Å². The fraction of sp³-hybridized carbons (Fsp3) is 0.0330. The van der Waals surface area contributed by atoms with Gasteiger partial charge in [-0.25, -0.2) is 0 Å². The number of hydrogen-bond acceptors (Lipinski definition) is 0. The molecule has 0 saturated carbocycles. The monoisotopic (exact) mass is 1150 g/mol. The number of rotatable bonds is 4. The zero-order valence-electron chi connectivity index (χ0n) is 49.7. The molecule has 0 radical (unpaired) electrons. The van der Waals surface area contributed by atoms with E-state index in [2.05, 4.69) is 328 Å². The van der Waals surface area contributed by atoms with E-state index in [1.54, 1.807) is 0 Å². The summed E-state index contributed by atoms with van der Waals surface area (Å²) in [6, 6.07) is 126. The molecule has 0 heterocycles. The van der Waals surface area contributed by atoms with Crippen LogP contribution in [0.15, 0.2) is 328 Å². The Morgan fingerprint density at radius 3 is 0.571 bits per heavy atom. The van der Waals surface area contributed by atoms with Crippen LogP contribution in [0, 0.1) is 0 Å². The van der Waals surface area contributed by atoms with E-state index in [-0.39, 0.29) is 0 Å². The molecule has 0 fully saturated rings. The Morgan fingerprint density at radius 2 is 0.330 bits per heavy atom. The molecule has 5 aliphatic carbocycles. The normalized spacial score (nSPS) is 14.6. The van der Waals surface area contributed by atoms with Crippen molar-refractivity contribution in [2.75, 3.05) is 0 Å². The van der Waals surface area contributed by atoms with Crippen LogP contribution in [0.4, 0.5) is 0 Å². The molecule has 0 nitrogen and oxygen atoms in total. The van der Waals surface area contributed by atoms with E-state index in [1.807, 2.05) is 0 Å². The Labute approximate surface area is 528 Å². The van der Waals surface area contributed by atoms with E-state index in [0.717, 1.165) is 0 Å². The first-order chi connectivity index (χ1) is 45.2. The summed E-state index contributed by atoms with van der Waals surface area (Å²) in [5, 5.41) is 9.94. The van der Waals surface area contributed by atoms with Gasteiger partial charge in [0.25, 0.3) is 0 Å². The van der Waals surface area contributed by atoms with Gasteiger partial charge < -0.3 is 0 Å². The van der Waals surface area contributed by atoms with Gasteiger partial charge in [-0.1, -0.05) is 315 Å². The van der Waals surface area contributed by atoms with Gasteiger partial charge in [0.2, 0.25) is 0 Å². The van der Waals surface area contributed by atoms with Crippen molar-refractivity contribution in [3.8, 4) is 77.9 Å². The zero-order chi connectivity index (χ0) is 59.3. The molecule has 0 unspecified atom stereocenters. The van der Waals surface area contributed by atoms with Crippen LogP contribution >= 0.6 is 0 Å². The predicted molar refractivity (Wildman–Crippen MR) is 377 cm³/mol. The van der Waals surface area contributed by atoms with Gasteiger partial charge >= 0.3 is 0 Å². The first kappa shape index (κ1) is 49.5. The van der Waals surface area contributed by atoms with E-state index < -0.39 is 16.2 Å². The molecule has 0 saturated heterocycles. The number of hydrogen-bond donors (Lipinski definition) is 0. The van der Waals surface area contributed by atoms with Crippen LogP contribution in [0.25, 0.3) is 121 Å². The second-order valence-electron chi connectivity index (χ2n) is 25.8. The lowest BCUT2D eigenvalue weighted by Crippen LogP contribution is -2.30. The molecule has 418 valence electrons. The quantitative estimate of drug-likeness (QED) is 0.154. The molecule has 16 aromatic carbocycles. The lowest BCUT2D eigenvalue weighted by atomic mass is 9.62. The molecule has 0 aromatic heterocycles. The highest BCUT2D eigenvalue weighted by molar-refractivity contribution is 6.21. The summed E-state index contributed by atoms with van der Waals surface area (Å²) in [4.78, 5) is 0. The van der Waals surface area contributed by atoms with Crippen LogP contribution in [-0.2, 0) is 16.2 Å². The molecule has 0 aliphatic heterocycles. The second kappa shape index (κ2) is 17.9. The summed E-state index contributed by atoms with van der Waals surface area (Å²) in [7, 11) is 0. The van der Waals surface area contributed by atoms with Crippen molar-refractivity contribution in [3.63, 3.8) is 0 Å². The zero-order valence-corrected chi connectivity index (χ0v) is 49.7. The van der Waals surface area contributed by atoms with Gasteiger partial charge in [-0.2, -0.15) is 0 Å². The van der Waals surface area contributed by atoms with E-state index >= 15 is 0 Å². The Morgan fingerprint density at radius 1 is 0.143 bits per heavy atom. The minimum absolute atomic E-state index is 0.476. The van der Waals surface area contributed by atoms with Crippen molar-refractivity contribution in [1.29, 1.82) is 0 Å². The summed E-state index contributed by atoms with van der Waals surface area (Å²) in [6.45, 7) is 0. The van der Waals surface area contributed by atoms with Crippen molar-refractivity contribution in [2.24, 2.45) is 0 Å². The molecule has 0 atom stereocenters. The van der Waals surface area contributed by atoms with Crippen molar-refractivity contribution < 1.29 is 0 Å². The molecule has 16 aromatic rings. The van der Waals surface area contributed by atoms with Crippen molar-refractivity contribution in [2.45, 2.75) is 16.2 Å². The maximum absolute atomic E-state index is 2.58. The van der Waals surface area contributed by atoms with Gasteiger partial charge in [0.1, 0.15) is 0 Å². The van der Waals surface area contributed by atoms with E-state index in [4.69, 9.17) is 0 Å². The van der Waals surface area contributed by atoms with Crippen molar-refractivity contribution >= 4 is 43.1 Å².